The Hall–Kier alpha value is -2.43. The van der Waals surface area contributed by atoms with Crippen LogP contribution in [0.15, 0.2) is 49.8 Å². The van der Waals surface area contributed by atoms with Crippen LogP contribution in [0.25, 0.3) is 11.1 Å². The first-order valence-electron chi connectivity index (χ1n) is 9.82. The van der Waals surface area contributed by atoms with Gasteiger partial charge in [-0.3, -0.25) is 9.36 Å². The largest absolute Gasteiger partial charge is 0.419 e. The number of rotatable bonds is 7. The topological polar surface area (TPSA) is 102 Å². The SMILES string of the molecule is C[C@@H](NC(=O)CCn1c(=O)oc2cc(S(=O)(=O)N3CCCC3)ccc21)c1cccs1. The zero-order valence-electron chi connectivity index (χ0n) is 16.5. The van der Waals surface area contributed by atoms with Crippen LogP contribution in [0.5, 0.6) is 0 Å². The molecule has 1 aliphatic heterocycles. The number of fused-ring (bicyclic) bond motifs is 1. The summed E-state index contributed by atoms with van der Waals surface area (Å²) < 4.78 is 33.5. The minimum Gasteiger partial charge on any atom is -0.408 e. The van der Waals surface area contributed by atoms with Crippen molar-refractivity contribution >= 4 is 38.4 Å². The summed E-state index contributed by atoms with van der Waals surface area (Å²) in [6.45, 7) is 3.06. The Morgan fingerprint density at radius 2 is 2.03 bits per heavy atom. The van der Waals surface area contributed by atoms with E-state index in [4.69, 9.17) is 4.42 Å². The summed E-state index contributed by atoms with van der Waals surface area (Å²) in [6.07, 6.45) is 1.80. The van der Waals surface area contributed by atoms with Crippen LogP contribution < -0.4 is 11.1 Å². The second kappa shape index (κ2) is 8.37. The molecule has 1 aliphatic rings. The van der Waals surface area contributed by atoms with Crippen LogP contribution in [0.2, 0.25) is 0 Å². The van der Waals surface area contributed by atoms with Crippen molar-refractivity contribution in [3.05, 3.63) is 51.1 Å². The molecule has 0 saturated carbocycles. The van der Waals surface area contributed by atoms with Crippen LogP contribution in [-0.4, -0.2) is 36.3 Å². The number of hydrogen-bond acceptors (Lipinski definition) is 6. The molecule has 10 heteroatoms. The van der Waals surface area contributed by atoms with Crippen LogP contribution in [0.1, 0.15) is 37.1 Å². The van der Waals surface area contributed by atoms with E-state index in [-0.39, 0.29) is 35.4 Å². The normalized spacial score (nSPS) is 16.2. The molecule has 160 valence electrons. The molecule has 0 aliphatic carbocycles. The zero-order chi connectivity index (χ0) is 21.3. The average molecular weight is 450 g/mol. The Balaban J connectivity index is 1.49. The highest BCUT2D eigenvalue weighted by Crippen LogP contribution is 2.24. The quantitative estimate of drug-likeness (QED) is 0.598. The number of aromatic nitrogens is 1. The molecule has 8 nitrogen and oxygen atoms in total. The fraction of sp³-hybridized carbons (Fsp3) is 0.400. The molecule has 0 unspecified atom stereocenters. The first kappa shape index (κ1) is 20.8. The molecule has 0 bridgehead atoms. The number of oxazole rings is 1. The predicted octanol–water partition coefficient (Wildman–Crippen LogP) is 2.71. The van der Waals surface area contributed by atoms with Crippen molar-refractivity contribution in [2.45, 2.75) is 43.7 Å². The number of thiophene rings is 1. The van der Waals surface area contributed by atoms with Gasteiger partial charge in [0.15, 0.2) is 5.58 Å². The highest BCUT2D eigenvalue weighted by Gasteiger charge is 2.28. The van der Waals surface area contributed by atoms with Gasteiger partial charge in [-0.15, -0.1) is 11.3 Å². The van der Waals surface area contributed by atoms with Gasteiger partial charge in [-0.05, 0) is 43.3 Å². The molecular weight excluding hydrogens is 426 g/mol. The third-order valence-corrected chi connectivity index (χ3v) is 8.20. The molecule has 3 aromatic rings. The first-order chi connectivity index (χ1) is 14.4. The maximum atomic E-state index is 12.7. The maximum absolute atomic E-state index is 12.7. The van der Waals surface area contributed by atoms with Crippen molar-refractivity contribution in [3.63, 3.8) is 0 Å². The molecule has 0 radical (unpaired) electrons. The molecule has 3 heterocycles. The molecule has 1 atom stereocenters. The van der Waals surface area contributed by atoms with E-state index in [1.807, 2.05) is 24.4 Å². The molecule has 4 rings (SSSR count). The first-order valence-corrected chi connectivity index (χ1v) is 12.1. The van der Waals surface area contributed by atoms with Gasteiger partial charge in [0.2, 0.25) is 15.9 Å². The molecule has 1 aromatic carbocycles. The average Bonchev–Trinajstić information content (AvgIpc) is 3.46. The van der Waals surface area contributed by atoms with Crippen molar-refractivity contribution in [3.8, 4) is 0 Å². The number of nitrogens with zero attached hydrogens (tertiary/aromatic N) is 2. The van der Waals surface area contributed by atoms with Crippen molar-refractivity contribution in [2.75, 3.05) is 13.1 Å². The highest BCUT2D eigenvalue weighted by atomic mass is 32.2. The lowest BCUT2D eigenvalue weighted by Gasteiger charge is -2.15. The van der Waals surface area contributed by atoms with E-state index >= 15 is 0 Å². The number of aryl methyl sites for hydroxylation is 1. The summed E-state index contributed by atoms with van der Waals surface area (Å²) in [7, 11) is -3.60. The summed E-state index contributed by atoms with van der Waals surface area (Å²) in [5.41, 5.74) is 0.673. The van der Waals surface area contributed by atoms with Gasteiger partial charge in [0, 0.05) is 37.0 Å². The second-order valence-electron chi connectivity index (χ2n) is 7.31. The van der Waals surface area contributed by atoms with Crippen molar-refractivity contribution in [1.29, 1.82) is 0 Å². The summed E-state index contributed by atoms with van der Waals surface area (Å²) in [5.74, 6) is -0.787. The van der Waals surface area contributed by atoms with Crippen molar-refractivity contribution < 1.29 is 17.6 Å². The third-order valence-electron chi connectivity index (χ3n) is 5.25. The van der Waals surface area contributed by atoms with Gasteiger partial charge in [0.1, 0.15) is 0 Å². The standard InChI is InChI=1S/C20H23N3O5S2/c1-14(18-5-4-12-29-18)21-19(24)8-11-23-16-7-6-15(13-17(16)28-20(23)25)30(26,27)22-9-2-3-10-22/h4-7,12-14H,2-3,8-11H2,1H3,(H,21,24)/t14-/m1/s1. The molecule has 0 spiro atoms. The van der Waals surface area contributed by atoms with Crippen LogP contribution in [0.3, 0.4) is 0 Å². The molecule has 1 amide bonds. The smallest absolute Gasteiger partial charge is 0.408 e. The van der Waals surface area contributed by atoms with Crippen LogP contribution in [0.4, 0.5) is 0 Å². The van der Waals surface area contributed by atoms with E-state index in [1.54, 1.807) is 17.4 Å². The van der Waals surface area contributed by atoms with Gasteiger partial charge < -0.3 is 9.73 Å². The number of sulfonamides is 1. The van der Waals surface area contributed by atoms with E-state index in [0.29, 0.717) is 18.6 Å². The van der Waals surface area contributed by atoms with E-state index in [0.717, 1.165) is 17.7 Å². The van der Waals surface area contributed by atoms with Gasteiger partial charge in [0.25, 0.3) is 0 Å². The summed E-state index contributed by atoms with van der Waals surface area (Å²) >= 11 is 1.57. The Labute approximate surface area is 178 Å². The lowest BCUT2D eigenvalue weighted by Crippen LogP contribution is -2.28. The van der Waals surface area contributed by atoms with Crippen LogP contribution in [-0.2, 0) is 21.4 Å². The Morgan fingerprint density at radius 3 is 2.73 bits per heavy atom. The van der Waals surface area contributed by atoms with Gasteiger partial charge >= 0.3 is 5.76 Å². The number of benzene rings is 1. The minimum absolute atomic E-state index is 0.103. The monoisotopic (exact) mass is 449 g/mol. The van der Waals surface area contributed by atoms with E-state index < -0.39 is 15.8 Å². The summed E-state index contributed by atoms with van der Waals surface area (Å²) in [6, 6.07) is 8.22. The number of carbonyl (C=O) groups is 1. The number of amides is 1. The molecule has 1 fully saturated rings. The second-order valence-corrected chi connectivity index (χ2v) is 10.2. The Bertz CT molecular complexity index is 1210. The van der Waals surface area contributed by atoms with Crippen molar-refractivity contribution in [1.82, 2.24) is 14.2 Å². The molecule has 1 N–H and O–H groups in total. The fourth-order valence-electron chi connectivity index (χ4n) is 3.63. The Morgan fingerprint density at radius 1 is 1.27 bits per heavy atom. The Kier molecular flexibility index (Phi) is 5.81. The summed E-state index contributed by atoms with van der Waals surface area (Å²) in [4.78, 5) is 25.7. The van der Waals surface area contributed by atoms with Crippen LogP contribution >= 0.6 is 11.3 Å². The fourth-order valence-corrected chi connectivity index (χ4v) is 5.90. The molecule has 30 heavy (non-hydrogen) atoms. The van der Waals surface area contributed by atoms with Gasteiger partial charge in [-0.25, -0.2) is 13.2 Å². The lowest BCUT2D eigenvalue weighted by molar-refractivity contribution is -0.121. The van der Waals surface area contributed by atoms with Crippen molar-refractivity contribution in [2.24, 2.45) is 0 Å². The zero-order valence-corrected chi connectivity index (χ0v) is 18.2. The molecular formula is C20H23N3O5S2. The number of hydrogen-bond donors (Lipinski definition) is 1. The minimum atomic E-state index is -3.60. The van der Waals surface area contributed by atoms with Gasteiger partial charge in [-0.2, -0.15) is 4.31 Å². The number of nitrogens with one attached hydrogen (secondary N) is 1. The van der Waals surface area contributed by atoms with Crippen LogP contribution in [0, 0.1) is 0 Å². The maximum Gasteiger partial charge on any atom is 0.419 e. The number of carbonyl (C=O) groups excluding carboxylic acids is 1. The summed E-state index contributed by atoms with van der Waals surface area (Å²) in [5, 5.41) is 4.86. The highest BCUT2D eigenvalue weighted by molar-refractivity contribution is 7.89. The van der Waals surface area contributed by atoms with Gasteiger partial charge in [0.05, 0.1) is 16.5 Å². The van der Waals surface area contributed by atoms with E-state index in [9.17, 15) is 18.0 Å². The lowest BCUT2D eigenvalue weighted by atomic mass is 10.2. The third kappa shape index (κ3) is 4.07. The molecule has 2 aromatic heterocycles. The van der Waals surface area contributed by atoms with E-state index in [1.165, 1.54) is 21.0 Å². The van der Waals surface area contributed by atoms with E-state index in [2.05, 4.69) is 5.32 Å². The molecule has 1 saturated heterocycles. The van der Waals surface area contributed by atoms with Gasteiger partial charge in [-0.1, -0.05) is 6.07 Å². The predicted molar refractivity (Wildman–Crippen MR) is 114 cm³/mol.